The summed E-state index contributed by atoms with van der Waals surface area (Å²) in [5, 5.41) is 10.0. The highest BCUT2D eigenvalue weighted by Gasteiger charge is 2.39. The highest BCUT2D eigenvalue weighted by Crippen LogP contribution is 2.20. The van der Waals surface area contributed by atoms with Gasteiger partial charge >= 0.3 is 0 Å². The molecule has 0 aromatic rings. The van der Waals surface area contributed by atoms with Gasteiger partial charge in [-0.25, -0.2) is 9.48 Å². The molecule has 0 aliphatic carbocycles. The van der Waals surface area contributed by atoms with Crippen LogP contribution in [0.4, 0.5) is 0 Å². The van der Waals surface area contributed by atoms with Crippen LogP contribution in [0.2, 0.25) is 0 Å². The van der Waals surface area contributed by atoms with Crippen molar-refractivity contribution in [2.75, 3.05) is 19.6 Å². The number of quaternary nitrogens is 1. The Hall–Kier alpha value is -0.670. The minimum absolute atomic E-state index is 0.361. The maximum absolute atomic E-state index is 10.0. The molecule has 0 aromatic carbocycles. The second-order valence-corrected chi connectivity index (χ2v) is 5.55. The maximum Gasteiger partial charge on any atom is 0.224 e. The Bertz CT molecular complexity index is 310. The number of likely N-dealkylation sites (N-methyl/N-ethyl adjacent to an activating group) is 1. The van der Waals surface area contributed by atoms with Gasteiger partial charge in [-0.05, 0) is 19.8 Å². The van der Waals surface area contributed by atoms with Crippen molar-refractivity contribution in [2.45, 2.75) is 65.5 Å². The van der Waals surface area contributed by atoms with Crippen LogP contribution in [-0.4, -0.2) is 41.3 Å². The van der Waals surface area contributed by atoms with Gasteiger partial charge in [0.2, 0.25) is 5.84 Å². The fraction of sp³-hybridized carbons (Fsp3) is 0.812. The molecule has 19 heavy (non-hydrogen) atoms. The van der Waals surface area contributed by atoms with E-state index in [-0.39, 0.29) is 6.23 Å². The van der Waals surface area contributed by atoms with Gasteiger partial charge in [-0.2, -0.15) is 0 Å². The van der Waals surface area contributed by atoms with Gasteiger partial charge < -0.3 is 5.11 Å². The summed E-state index contributed by atoms with van der Waals surface area (Å²) in [6.07, 6.45) is 11.8. The molecule has 0 aromatic heterocycles. The molecule has 0 amide bonds. The third-order valence-electron chi connectivity index (χ3n) is 4.25. The van der Waals surface area contributed by atoms with Crippen molar-refractivity contribution < 1.29 is 9.59 Å². The topological polar surface area (TPSA) is 32.6 Å². The number of rotatable bonds is 9. The Morgan fingerprint density at radius 2 is 2.00 bits per heavy atom. The summed E-state index contributed by atoms with van der Waals surface area (Å²) >= 11 is 0. The molecule has 1 aliphatic heterocycles. The third kappa shape index (κ3) is 4.43. The van der Waals surface area contributed by atoms with E-state index in [9.17, 15) is 5.11 Å². The van der Waals surface area contributed by atoms with Gasteiger partial charge in [0.15, 0.2) is 6.23 Å². The van der Waals surface area contributed by atoms with Gasteiger partial charge in [-0.3, -0.25) is 0 Å². The Balaban J connectivity index is 2.38. The van der Waals surface area contributed by atoms with Crippen LogP contribution in [0.25, 0.3) is 0 Å². The SMILES string of the molecule is CCCCCCC/C=C/C1=NCC[N+]1(CC)C(C)O. The van der Waals surface area contributed by atoms with Crippen molar-refractivity contribution in [1.29, 1.82) is 0 Å². The fourth-order valence-electron chi connectivity index (χ4n) is 2.82. The molecule has 0 bridgehead atoms. The normalized spacial score (nSPS) is 24.9. The zero-order valence-electron chi connectivity index (χ0n) is 12.9. The standard InChI is InChI=1S/C16H31N2O/c1-4-6-7-8-9-10-11-12-16-17-13-14-18(16,5-2)15(3)19/h11-12,15,19H,4-10,13-14H2,1-3H3/q+1/b12-11+. The number of allylic oxidation sites excluding steroid dienone is 1. The van der Waals surface area contributed by atoms with Gasteiger partial charge in [0.05, 0.1) is 13.1 Å². The van der Waals surface area contributed by atoms with Crippen LogP contribution in [0, 0.1) is 0 Å². The minimum Gasteiger partial charge on any atom is -0.345 e. The van der Waals surface area contributed by atoms with Crippen molar-refractivity contribution in [3.63, 3.8) is 0 Å². The largest absolute Gasteiger partial charge is 0.345 e. The monoisotopic (exact) mass is 267 g/mol. The maximum atomic E-state index is 10.0. The molecule has 3 nitrogen and oxygen atoms in total. The highest BCUT2D eigenvalue weighted by molar-refractivity contribution is 5.88. The lowest BCUT2D eigenvalue weighted by Gasteiger charge is -2.35. The van der Waals surface area contributed by atoms with Gasteiger partial charge in [-0.1, -0.05) is 38.7 Å². The molecule has 1 heterocycles. The van der Waals surface area contributed by atoms with Gasteiger partial charge in [0.25, 0.3) is 0 Å². The number of amidine groups is 1. The molecule has 2 unspecified atom stereocenters. The van der Waals surface area contributed by atoms with E-state index in [4.69, 9.17) is 0 Å². The molecular weight excluding hydrogens is 236 g/mol. The lowest BCUT2D eigenvalue weighted by atomic mass is 10.1. The summed E-state index contributed by atoms with van der Waals surface area (Å²) in [5.74, 6) is 1.06. The van der Waals surface area contributed by atoms with Crippen molar-refractivity contribution in [2.24, 2.45) is 4.99 Å². The van der Waals surface area contributed by atoms with E-state index in [1.807, 2.05) is 6.92 Å². The van der Waals surface area contributed by atoms with Crippen molar-refractivity contribution >= 4 is 5.84 Å². The van der Waals surface area contributed by atoms with Crippen LogP contribution >= 0.6 is 0 Å². The van der Waals surface area contributed by atoms with Crippen LogP contribution in [-0.2, 0) is 0 Å². The van der Waals surface area contributed by atoms with E-state index >= 15 is 0 Å². The quantitative estimate of drug-likeness (QED) is 0.503. The lowest BCUT2D eigenvalue weighted by molar-refractivity contribution is -0.880. The Labute approximate surface area is 118 Å². The minimum atomic E-state index is -0.361. The first-order chi connectivity index (χ1) is 9.17. The number of nitrogens with zero attached hydrogens (tertiary/aromatic N) is 2. The first-order valence-corrected chi connectivity index (χ1v) is 7.93. The summed E-state index contributed by atoms with van der Waals surface area (Å²) < 4.78 is 0.631. The Morgan fingerprint density at radius 1 is 1.26 bits per heavy atom. The number of aliphatic hydroxyl groups is 1. The zero-order chi connectivity index (χ0) is 14.1. The number of hydrogen-bond donors (Lipinski definition) is 1. The molecule has 110 valence electrons. The first-order valence-electron chi connectivity index (χ1n) is 7.93. The van der Waals surface area contributed by atoms with Crippen LogP contribution in [0.15, 0.2) is 17.1 Å². The molecule has 0 spiro atoms. The van der Waals surface area contributed by atoms with E-state index < -0.39 is 0 Å². The molecule has 0 radical (unpaired) electrons. The Morgan fingerprint density at radius 3 is 2.63 bits per heavy atom. The molecule has 0 saturated carbocycles. The molecule has 1 aliphatic rings. The predicted octanol–water partition coefficient (Wildman–Crippen LogP) is 3.49. The van der Waals surface area contributed by atoms with Gasteiger partial charge in [0.1, 0.15) is 6.54 Å². The van der Waals surface area contributed by atoms with Crippen molar-refractivity contribution in [1.82, 2.24) is 0 Å². The van der Waals surface area contributed by atoms with Crippen LogP contribution in [0.1, 0.15) is 59.3 Å². The zero-order valence-corrected chi connectivity index (χ0v) is 12.9. The molecule has 0 saturated heterocycles. The summed E-state index contributed by atoms with van der Waals surface area (Å²) in [6.45, 7) is 8.95. The molecular formula is C16H31N2O+. The van der Waals surface area contributed by atoms with Crippen LogP contribution < -0.4 is 0 Å². The fourth-order valence-corrected chi connectivity index (χ4v) is 2.82. The van der Waals surface area contributed by atoms with E-state index in [1.54, 1.807) is 0 Å². The second-order valence-electron chi connectivity index (χ2n) is 5.55. The number of hydrogen-bond acceptors (Lipinski definition) is 2. The van der Waals surface area contributed by atoms with Crippen molar-refractivity contribution in [3.05, 3.63) is 12.2 Å². The summed E-state index contributed by atoms with van der Waals surface area (Å²) in [5.41, 5.74) is 0. The van der Waals surface area contributed by atoms with E-state index in [0.717, 1.165) is 31.9 Å². The molecule has 3 heteroatoms. The average molecular weight is 267 g/mol. The highest BCUT2D eigenvalue weighted by atomic mass is 16.3. The van der Waals surface area contributed by atoms with Crippen LogP contribution in [0.5, 0.6) is 0 Å². The second kappa shape index (κ2) is 8.49. The average Bonchev–Trinajstić information content (AvgIpc) is 2.82. The Kier molecular flexibility index (Phi) is 7.32. The van der Waals surface area contributed by atoms with E-state index in [0.29, 0.717) is 4.48 Å². The number of unbranched alkanes of at least 4 members (excludes halogenated alkanes) is 5. The third-order valence-corrected chi connectivity index (χ3v) is 4.25. The molecule has 1 rings (SSSR count). The summed E-state index contributed by atoms with van der Waals surface area (Å²) in [4.78, 5) is 4.57. The predicted molar refractivity (Wildman–Crippen MR) is 82.2 cm³/mol. The molecule has 2 atom stereocenters. The number of aliphatic hydroxyl groups excluding tert-OH is 1. The van der Waals surface area contributed by atoms with E-state index in [2.05, 4.69) is 31.0 Å². The summed E-state index contributed by atoms with van der Waals surface area (Å²) in [7, 11) is 0. The van der Waals surface area contributed by atoms with Gasteiger partial charge in [-0.15, -0.1) is 0 Å². The van der Waals surface area contributed by atoms with Gasteiger partial charge in [0, 0.05) is 13.0 Å². The van der Waals surface area contributed by atoms with Crippen LogP contribution in [0.3, 0.4) is 0 Å². The van der Waals surface area contributed by atoms with E-state index in [1.165, 1.54) is 32.1 Å². The lowest BCUT2D eigenvalue weighted by Crippen LogP contribution is -2.56. The first kappa shape index (κ1) is 16.4. The van der Waals surface area contributed by atoms with Crippen molar-refractivity contribution in [3.8, 4) is 0 Å². The summed E-state index contributed by atoms with van der Waals surface area (Å²) in [6, 6.07) is 0. The number of aliphatic imine (C=N–C) groups is 1. The molecule has 0 fully saturated rings. The molecule has 1 N–H and O–H groups in total. The smallest absolute Gasteiger partial charge is 0.224 e.